The highest BCUT2D eigenvalue weighted by atomic mass is 16.5. The van der Waals surface area contributed by atoms with Crippen molar-refractivity contribution in [3.05, 3.63) is 42.7 Å². The predicted molar refractivity (Wildman–Crippen MR) is 94.7 cm³/mol. The summed E-state index contributed by atoms with van der Waals surface area (Å²) in [5, 5.41) is 10.7. The quantitative estimate of drug-likeness (QED) is 0.567. The molecule has 1 heterocycles. The molecule has 2 rings (SSSR count). The van der Waals surface area contributed by atoms with E-state index in [1.54, 1.807) is 20.4 Å². The second-order valence-corrected chi connectivity index (χ2v) is 5.23. The van der Waals surface area contributed by atoms with Crippen LogP contribution in [0.1, 0.15) is 6.92 Å². The molecule has 0 radical (unpaired) electrons. The number of methoxy groups -OCH3 is 1. The van der Waals surface area contributed by atoms with E-state index in [2.05, 4.69) is 20.7 Å². The molecule has 2 N–H and O–H groups in total. The smallest absolute Gasteiger partial charge is 0.191 e. The fraction of sp³-hybridized carbons (Fsp3) is 0.412. The number of hydrogen-bond donors (Lipinski definition) is 2. The first kappa shape index (κ1) is 17.7. The molecule has 0 bridgehead atoms. The van der Waals surface area contributed by atoms with Gasteiger partial charge in [-0.05, 0) is 25.1 Å². The van der Waals surface area contributed by atoms with Crippen LogP contribution in [0.25, 0.3) is 0 Å². The molecular weight excluding hydrogens is 306 g/mol. The molecule has 0 fully saturated rings. The van der Waals surface area contributed by atoms with Gasteiger partial charge in [-0.25, -0.2) is 0 Å². The van der Waals surface area contributed by atoms with Crippen LogP contribution in [-0.2, 0) is 6.54 Å². The minimum atomic E-state index is -0.0361. The summed E-state index contributed by atoms with van der Waals surface area (Å²) in [7, 11) is 3.38. The fourth-order valence-corrected chi connectivity index (χ4v) is 2.16. The zero-order valence-electron chi connectivity index (χ0n) is 14.4. The molecule has 1 aromatic carbocycles. The maximum Gasteiger partial charge on any atom is 0.191 e. The third kappa shape index (κ3) is 5.49. The summed E-state index contributed by atoms with van der Waals surface area (Å²) in [6.07, 6.45) is 3.66. The number of benzene rings is 1. The van der Waals surface area contributed by atoms with Crippen LogP contribution in [0, 0.1) is 0 Å². The Morgan fingerprint density at radius 2 is 2.04 bits per heavy atom. The number of guanidine groups is 1. The van der Waals surface area contributed by atoms with Gasteiger partial charge in [-0.1, -0.05) is 12.1 Å². The van der Waals surface area contributed by atoms with Crippen LogP contribution in [0.15, 0.2) is 47.7 Å². The van der Waals surface area contributed by atoms with E-state index < -0.39 is 0 Å². The molecule has 2 aromatic rings. The molecule has 0 aliphatic carbocycles. The van der Waals surface area contributed by atoms with E-state index >= 15 is 0 Å². The number of rotatable bonds is 8. The van der Waals surface area contributed by atoms with Crippen molar-refractivity contribution in [3.8, 4) is 11.5 Å². The molecule has 1 aromatic heterocycles. The summed E-state index contributed by atoms with van der Waals surface area (Å²) < 4.78 is 13.1. The van der Waals surface area contributed by atoms with E-state index in [0.29, 0.717) is 6.54 Å². The lowest BCUT2D eigenvalue weighted by atomic mass is 10.3. The van der Waals surface area contributed by atoms with Crippen molar-refractivity contribution in [2.45, 2.75) is 19.6 Å². The number of nitrogens with one attached hydrogen (secondary N) is 2. The molecule has 1 unspecified atom stereocenters. The number of ether oxygens (including phenoxy) is 2. The van der Waals surface area contributed by atoms with Crippen molar-refractivity contribution in [3.63, 3.8) is 0 Å². The average molecular weight is 331 g/mol. The van der Waals surface area contributed by atoms with Gasteiger partial charge in [0, 0.05) is 26.0 Å². The zero-order chi connectivity index (χ0) is 17.2. The maximum atomic E-state index is 5.91. The average Bonchev–Trinajstić information content (AvgIpc) is 3.11. The summed E-state index contributed by atoms with van der Waals surface area (Å²) in [4.78, 5) is 4.20. The van der Waals surface area contributed by atoms with Crippen LogP contribution in [0.2, 0.25) is 0 Å². The van der Waals surface area contributed by atoms with Crippen molar-refractivity contribution in [2.24, 2.45) is 4.99 Å². The number of aliphatic imine (C=N–C) groups is 1. The first-order chi connectivity index (χ1) is 11.7. The lowest BCUT2D eigenvalue weighted by molar-refractivity contribution is 0.213. The second kappa shape index (κ2) is 9.44. The van der Waals surface area contributed by atoms with E-state index in [9.17, 15) is 0 Å². The van der Waals surface area contributed by atoms with Crippen molar-refractivity contribution in [1.29, 1.82) is 0 Å². The monoisotopic (exact) mass is 331 g/mol. The van der Waals surface area contributed by atoms with Crippen LogP contribution in [0.3, 0.4) is 0 Å². The predicted octanol–water partition coefficient (Wildman–Crippen LogP) is 1.52. The largest absolute Gasteiger partial charge is 0.493 e. The minimum Gasteiger partial charge on any atom is -0.493 e. The summed E-state index contributed by atoms with van der Waals surface area (Å²) in [5.41, 5.74) is 0. The Bertz CT molecular complexity index is 628. The van der Waals surface area contributed by atoms with Crippen molar-refractivity contribution in [1.82, 2.24) is 20.4 Å². The highest BCUT2D eigenvalue weighted by Crippen LogP contribution is 2.26. The van der Waals surface area contributed by atoms with Gasteiger partial charge in [0.15, 0.2) is 17.5 Å². The first-order valence-corrected chi connectivity index (χ1v) is 7.94. The van der Waals surface area contributed by atoms with Gasteiger partial charge in [0.05, 0.1) is 20.2 Å². The van der Waals surface area contributed by atoms with Gasteiger partial charge in [-0.15, -0.1) is 0 Å². The van der Waals surface area contributed by atoms with Crippen LogP contribution in [-0.4, -0.2) is 49.1 Å². The van der Waals surface area contributed by atoms with Crippen LogP contribution in [0.5, 0.6) is 11.5 Å². The SMILES string of the molecule is CN=C(NCCn1cccn1)NCC(C)Oc1ccccc1OC. The van der Waals surface area contributed by atoms with Crippen LogP contribution in [0.4, 0.5) is 0 Å². The normalized spacial score (nSPS) is 12.5. The second-order valence-electron chi connectivity index (χ2n) is 5.23. The Morgan fingerprint density at radius 3 is 2.71 bits per heavy atom. The van der Waals surface area contributed by atoms with Gasteiger partial charge >= 0.3 is 0 Å². The van der Waals surface area contributed by atoms with E-state index in [1.807, 2.05) is 48.1 Å². The third-order valence-corrected chi connectivity index (χ3v) is 3.37. The molecule has 0 amide bonds. The molecule has 0 spiro atoms. The van der Waals surface area contributed by atoms with Crippen molar-refractivity contribution in [2.75, 3.05) is 27.2 Å². The molecule has 0 saturated carbocycles. The number of para-hydroxylation sites is 2. The number of nitrogens with zero attached hydrogens (tertiary/aromatic N) is 3. The molecule has 24 heavy (non-hydrogen) atoms. The third-order valence-electron chi connectivity index (χ3n) is 3.37. The minimum absolute atomic E-state index is 0.0361. The van der Waals surface area contributed by atoms with Gasteiger partial charge in [-0.2, -0.15) is 5.10 Å². The topological polar surface area (TPSA) is 72.7 Å². The van der Waals surface area contributed by atoms with Crippen LogP contribution < -0.4 is 20.1 Å². The molecule has 0 aliphatic rings. The Balaban J connectivity index is 1.73. The lowest BCUT2D eigenvalue weighted by Crippen LogP contribution is -2.42. The molecular formula is C17H25N5O2. The van der Waals surface area contributed by atoms with Gasteiger partial charge in [-0.3, -0.25) is 9.67 Å². The number of hydrogen-bond acceptors (Lipinski definition) is 4. The standard InChI is InChI=1S/C17H25N5O2/c1-14(24-16-8-5-4-7-15(16)23-3)13-20-17(18-2)19-10-12-22-11-6-9-21-22/h4-9,11,14H,10,12-13H2,1-3H3,(H2,18,19,20). The summed E-state index contributed by atoms with van der Waals surface area (Å²) in [5.74, 6) is 2.19. The lowest BCUT2D eigenvalue weighted by Gasteiger charge is -2.19. The van der Waals surface area contributed by atoms with Gasteiger partial charge < -0.3 is 20.1 Å². The summed E-state index contributed by atoms with van der Waals surface area (Å²) >= 11 is 0. The Labute approximate surface area is 142 Å². The van der Waals surface area contributed by atoms with Crippen LogP contribution >= 0.6 is 0 Å². The van der Waals surface area contributed by atoms with E-state index in [1.165, 1.54) is 0 Å². The van der Waals surface area contributed by atoms with Gasteiger partial charge in [0.2, 0.25) is 0 Å². The molecule has 7 heteroatoms. The molecule has 7 nitrogen and oxygen atoms in total. The Hall–Kier alpha value is -2.70. The van der Waals surface area contributed by atoms with Gasteiger partial charge in [0.1, 0.15) is 6.10 Å². The first-order valence-electron chi connectivity index (χ1n) is 7.94. The summed E-state index contributed by atoms with van der Waals surface area (Å²) in [6, 6.07) is 9.52. The molecule has 1 atom stereocenters. The van der Waals surface area contributed by atoms with E-state index in [-0.39, 0.29) is 6.10 Å². The van der Waals surface area contributed by atoms with Gasteiger partial charge in [0.25, 0.3) is 0 Å². The molecule has 0 saturated heterocycles. The van der Waals surface area contributed by atoms with E-state index in [4.69, 9.17) is 9.47 Å². The van der Waals surface area contributed by atoms with E-state index in [0.717, 1.165) is 30.5 Å². The number of aromatic nitrogens is 2. The van der Waals surface area contributed by atoms with Crippen molar-refractivity contribution >= 4 is 5.96 Å². The zero-order valence-corrected chi connectivity index (χ0v) is 14.4. The summed E-state index contributed by atoms with van der Waals surface area (Å²) in [6.45, 7) is 4.14. The Kier molecular flexibility index (Phi) is 6.94. The maximum absolute atomic E-state index is 5.91. The Morgan fingerprint density at radius 1 is 1.25 bits per heavy atom. The molecule has 130 valence electrons. The highest BCUT2D eigenvalue weighted by Gasteiger charge is 2.09. The van der Waals surface area contributed by atoms with Crippen molar-refractivity contribution < 1.29 is 9.47 Å². The molecule has 0 aliphatic heterocycles. The highest BCUT2D eigenvalue weighted by molar-refractivity contribution is 5.79. The fourth-order valence-electron chi connectivity index (χ4n) is 2.16.